The lowest BCUT2D eigenvalue weighted by atomic mass is 10.3. The summed E-state index contributed by atoms with van der Waals surface area (Å²) in [5, 5.41) is 2.26. The number of hydrogen-bond donors (Lipinski definition) is 0. The van der Waals surface area contributed by atoms with E-state index >= 15 is 0 Å². The summed E-state index contributed by atoms with van der Waals surface area (Å²) in [5.41, 5.74) is 0. The van der Waals surface area contributed by atoms with Gasteiger partial charge in [-0.1, -0.05) is 67.6 Å². The highest BCUT2D eigenvalue weighted by atomic mass is 127. The van der Waals surface area contributed by atoms with E-state index in [9.17, 15) is 4.57 Å². The van der Waals surface area contributed by atoms with Crippen LogP contribution in [-0.4, -0.2) is 13.4 Å². The van der Waals surface area contributed by atoms with Crippen molar-refractivity contribution in [3.8, 4) is 17.2 Å². The van der Waals surface area contributed by atoms with E-state index in [1.165, 1.54) is 0 Å². The minimum Gasteiger partial charge on any atom is -0.490 e. The Kier molecular flexibility index (Phi) is 5.65. The van der Waals surface area contributed by atoms with Gasteiger partial charge in [0.2, 0.25) is 12.5 Å². The van der Waals surface area contributed by atoms with E-state index in [2.05, 4.69) is 22.6 Å². The average molecular weight is 506 g/mol. The molecule has 0 saturated heterocycles. The molecule has 3 aromatic rings. The topological polar surface area (TPSA) is 44.8 Å². The van der Waals surface area contributed by atoms with Crippen LogP contribution < -0.4 is 30.1 Å². The predicted molar refractivity (Wildman–Crippen MR) is 120 cm³/mol. The highest BCUT2D eigenvalue weighted by Crippen LogP contribution is 2.51. The summed E-state index contributed by atoms with van der Waals surface area (Å²) >= 11 is 2.21. The van der Waals surface area contributed by atoms with Gasteiger partial charge in [-0.15, -0.1) is 0 Å². The quantitative estimate of drug-likeness (QED) is 0.366. The number of benzene rings is 3. The normalized spacial score (nSPS) is 12.8. The third-order valence-corrected chi connectivity index (χ3v) is 9.15. The van der Waals surface area contributed by atoms with Gasteiger partial charge >= 0.3 is 0 Å². The molecule has 0 unspecified atom stereocenters. The van der Waals surface area contributed by atoms with Gasteiger partial charge in [0, 0.05) is 15.9 Å². The maximum Gasteiger partial charge on any atom is 0.231 e. The Bertz CT molecular complexity index is 978. The van der Waals surface area contributed by atoms with Crippen LogP contribution in [0.15, 0.2) is 66.7 Å². The van der Waals surface area contributed by atoms with Crippen molar-refractivity contribution in [3.63, 3.8) is 0 Å². The summed E-state index contributed by atoms with van der Waals surface area (Å²) < 4.78 is 32.8. The highest BCUT2D eigenvalue weighted by Gasteiger charge is 2.36. The van der Waals surface area contributed by atoms with E-state index in [4.69, 9.17) is 14.2 Å². The number of ether oxygens (including phenoxy) is 3. The Morgan fingerprint density at radius 2 is 1.54 bits per heavy atom. The first-order chi connectivity index (χ1) is 13.7. The standard InChI is InChI=1S/C22H20IO4P/c1-2-13-25-18-14-19(20(23)22-21(18)26-15-27-22)28(24,16-9-5-3-6-10-16)17-11-7-4-8-12-17/h3-12,14H,2,13,15H2,1H3. The van der Waals surface area contributed by atoms with Crippen molar-refractivity contribution >= 4 is 45.6 Å². The fraction of sp³-hybridized carbons (Fsp3) is 0.182. The fourth-order valence-electron chi connectivity index (χ4n) is 3.25. The molecule has 0 radical (unpaired) electrons. The van der Waals surface area contributed by atoms with Gasteiger partial charge in [-0.25, -0.2) is 0 Å². The van der Waals surface area contributed by atoms with Crippen molar-refractivity contribution in [2.45, 2.75) is 13.3 Å². The molecule has 0 atom stereocenters. The molecular weight excluding hydrogens is 486 g/mol. The van der Waals surface area contributed by atoms with Crippen LogP contribution >= 0.6 is 29.7 Å². The fourth-order valence-corrected chi connectivity index (χ4v) is 7.54. The largest absolute Gasteiger partial charge is 0.490 e. The molecule has 0 aliphatic carbocycles. The maximum atomic E-state index is 14.7. The zero-order valence-corrected chi connectivity index (χ0v) is 18.5. The molecule has 0 saturated carbocycles. The number of hydrogen-bond acceptors (Lipinski definition) is 4. The van der Waals surface area contributed by atoms with E-state index in [-0.39, 0.29) is 6.79 Å². The molecular formula is C22H20IO4P. The minimum atomic E-state index is -3.13. The van der Waals surface area contributed by atoms with E-state index in [1.54, 1.807) is 0 Å². The van der Waals surface area contributed by atoms with Crippen molar-refractivity contribution in [3.05, 3.63) is 70.3 Å². The van der Waals surface area contributed by atoms with Crippen molar-refractivity contribution in [1.29, 1.82) is 0 Å². The lowest BCUT2D eigenvalue weighted by Crippen LogP contribution is -2.27. The first-order valence-corrected chi connectivity index (χ1v) is 11.9. The number of fused-ring (bicyclic) bond motifs is 1. The van der Waals surface area contributed by atoms with Gasteiger partial charge in [-0.05, 0) is 35.1 Å². The Labute approximate surface area is 178 Å². The zero-order valence-electron chi connectivity index (χ0n) is 15.4. The van der Waals surface area contributed by atoms with E-state index in [0.717, 1.165) is 20.6 Å². The molecule has 0 aromatic heterocycles. The lowest BCUT2D eigenvalue weighted by molar-refractivity contribution is 0.169. The Morgan fingerprint density at radius 3 is 2.11 bits per heavy atom. The third kappa shape index (κ3) is 3.31. The SMILES string of the molecule is CCCOc1cc(P(=O)(c2ccccc2)c2ccccc2)c(I)c2c1OCO2. The molecule has 0 N–H and O–H groups in total. The second kappa shape index (κ2) is 8.18. The van der Waals surface area contributed by atoms with Gasteiger partial charge < -0.3 is 18.8 Å². The third-order valence-electron chi connectivity index (χ3n) is 4.57. The highest BCUT2D eigenvalue weighted by molar-refractivity contribution is 14.1. The Morgan fingerprint density at radius 1 is 0.964 bits per heavy atom. The van der Waals surface area contributed by atoms with Gasteiger partial charge in [-0.3, -0.25) is 0 Å². The molecule has 28 heavy (non-hydrogen) atoms. The molecule has 1 aliphatic heterocycles. The molecule has 0 spiro atoms. The van der Waals surface area contributed by atoms with Gasteiger partial charge in [0.05, 0.1) is 10.2 Å². The molecule has 0 fully saturated rings. The second-order valence-corrected chi connectivity index (χ2v) is 10.2. The van der Waals surface area contributed by atoms with Crippen LogP contribution in [0.4, 0.5) is 0 Å². The molecule has 0 amide bonds. The summed E-state index contributed by atoms with van der Waals surface area (Å²) in [6.07, 6.45) is 0.867. The summed E-state index contributed by atoms with van der Waals surface area (Å²) in [6, 6.07) is 21.1. The summed E-state index contributed by atoms with van der Waals surface area (Å²) in [7, 11) is -3.13. The number of halogens is 1. The molecule has 4 rings (SSSR count). The average Bonchev–Trinajstić information content (AvgIpc) is 3.25. The van der Waals surface area contributed by atoms with Crippen LogP contribution in [0, 0.1) is 3.57 Å². The van der Waals surface area contributed by atoms with Crippen LogP contribution in [0.3, 0.4) is 0 Å². The molecule has 4 nitrogen and oxygen atoms in total. The monoisotopic (exact) mass is 506 g/mol. The maximum absolute atomic E-state index is 14.7. The lowest BCUT2D eigenvalue weighted by Gasteiger charge is -2.23. The van der Waals surface area contributed by atoms with Crippen molar-refractivity contribution in [2.24, 2.45) is 0 Å². The first-order valence-electron chi connectivity index (χ1n) is 9.13. The minimum absolute atomic E-state index is 0.137. The van der Waals surface area contributed by atoms with Gasteiger partial charge in [0.25, 0.3) is 0 Å². The Balaban J connectivity index is 1.99. The van der Waals surface area contributed by atoms with Crippen molar-refractivity contribution in [2.75, 3.05) is 13.4 Å². The zero-order chi connectivity index (χ0) is 19.6. The van der Waals surface area contributed by atoms with Crippen LogP contribution in [0.5, 0.6) is 17.2 Å². The van der Waals surface area contributed by atoms with Crippen LogP contribution in [-0.2, 0) is 4.57 Å². The van der Waals surface area contributed by atoms with Gasteiger partial charge in [0.15, 0.2) is 18.6 Å². The number of rotatable bonds is 6. The predicted octanol–water partition coefficient (Wildman–Crippen LogP) is 4.45. The second-order valence-electron chi connectivity index (χ2n) is 6.40. The Hall–Kier alpha value is -1.98. The van der Waals surface area contributed by atoms with Crippen molar-refractivity contribution < 1.29 is 18.8 Å². The summed E-state index contributed by atoms with van der Waals surface area (Å²) in [5.74, 6) is 1.78. The smallest absolute Gasteiger partial charge is 0.231 e. The molecule has 1 heterocycles. The molecule has 1 aliphatic rings. The molecule has 3 aromatic carbocycles. The summed E-state index contributed by atoms with van der Waals surface area (Å²) in [6.45, 7) is 2.74. The van der Waals surface area contributed by atoms with Gasteiger partial charge in [0.1, 0.15) is 0 Å². The van der Waals surface area contributed by atoms with Crippen LogP contribution in [0.2, 0.25) is 0 Å². The van der Waals surface area contributed by atoms with Crippen LogP contribution in [0.1, 0.15) is 13.3 Å². The molecule has 6 heteroatoms. The molecule has 144 valence electrons. The van der Waals surface area contributed by atoms with Gasteiger partial charge in [-0.2, -0.15) is 0 Å². The van der Waals surface area contributed by atoms with Crippen molar-refractivity contribution in [1.82, 2.24) is 0 Å². The van der Waals surface area contributed by atoms with Crippen LogP contribution in [0.25, 0.3) is 0 Å². The molecule has 0 bridgehead atoms. The summed E-state index contributed by atoms with van der Waals surface area (Å²) in [4.78, 5) is 0. The van der Waals surface area contributed by atoms with E-state index < -0.39 is 7.14 Å². The van der Waals surface area contributed by atoms with E-state index in [1.807, 2.05) is 73.7 Å². The first kappa shape index (κ1) is 19.3. The van der Waals surface area contributed by atoms with E-state index in [0.29, 0.717) is 29.2 Å².